The van der Waals surface area contributed by atoms with E-state index in [0.717, 1.165) is 12.0 Å². The highest BCUT2D eigenvalue weighted by atomic mass is 35.5. The van der Waals surface area contributed by atoms with Gasteiger partial charge in [0, 0.05) is 31.7 Å². The van der Waals surface area contributed by atoms with Crippen molar-refractivity contribution in [3.8, 4) is 0 Å². The quantitative estimate of drug-likeness (QED) is 0.804. The molecule has 0 spiro atoms. The second-order valence-corrected chi connectivity index (χ2v) is 4.88. The number of halogens is 1. The Balaban J connectivity index is 2.08. The maximum atomic E-state index is 11.6. The third kappa shape index (κ3) is 3.04. The maximum absolute atomic E-state index is 11.6. The summed E-state index contributed by atoms with van der Waals surface area (Å²) in [5.74, 6) is 0. The average molecular weight is 297 g/mol. The Morgan fingerprint density at radius 3 is 2.65 bits per heavy atom. The summed E-state index contributed by atoms with van der Waals surface area (Å²) in [6, 6.07) is 5.26. The lowest BCUT2D eigenvalue weighted by molar-refractivity contribution is 0.105. The first-order chi connectivity index (χ1) is 9.67. The first-order valence-electron chi connectivity index (χ1n) is 6.57. The van der Waals surface area contributed by atoms with E-state index in [1.807, 2.05) is 4.90 Å². The Labute approximate surface area is 123 Å². The van der Waals surface area contributed by atoms with Crippen molar-refractivity contribution in [2.24, 2.45) is 0 Å². The number of hydrogen-bond acceptors (Lipinski definition) is 4. The number of rotatable bonds is 3. The van der Waals surface area contributed by atoms with Gasteiger partial charge in [-0.3, -0.25) is 4.79 Å². The third-order valence-electron chi connectivity index (χ3n) is 3.27. The van der Waals surface area contributed by atoms with Crippen LogP contribution in [0, 0.1) is 0 Å². The van der Waals surface area contributed by atoms with Gasteiger partial charge in [0.15, 0.2) is 6.29 Å². The molecule has 1 amide bonds. The highest BCUT2D eigenvalue weighted by Gasteiger charge is 2.24. The largest absolute Gasteiger partial charge is 0.450 e. The van der Waals surface area contributed by atoms with Crippen LogP contribution in [0.2, 0.25) is 5.02 Å². The van der Waals surface area contributed by atoms with Gasteiger partial charge in [-0.05, 0) is 19.1 Å². The summed E-state index contributed by atoms with van der Waals surface area (Å²) in [6.45, 7) is 4.53. The zero-order chi connectivity index (χ0) is 14.5. The summed E-state index contributed by atoms with van der Waals surface area (Å²) >= 11 is 6.18. The van der Waals surface area contributed by atoms with Gasteiger partial charge in [0.25, 0.3) is 0 Å². The zero-order valence-corrected chi connectivity index (χ0v) is 12.1. The minimum atomic E-state index is -0.290. The molecule has 108 valence electrons. The molecule has 6 heteroatoms. The van der Waals surface area contributed by atoms with E-state index in [1.165, 1.54) is 0 Å². The molecule has 0 aromatic heterocycles. The monoisotopic (exact) mass is 296 g/mol. The smallest absolute Gasteiger partial charge is 0.409 e. The van der Waals surface area contributed by atoms with Crippen molar-refractivity contribution < 1.29 is 14.3 Å². The minimum Gasteiger partial charge on any atom is -0.450 e. The molecule has 0 unspecified atom stereocenters. The van der Waals surface area contributed by atoms with Crippen LogP contribution in [-0.2, 0) is 4.74 Å². The van der Waals surface area contributed by atoms with Crippen LogP contribution in [0.1, 0.15) is 17.3 Å². The SMILES string of the molecule is CCOC(=O)N1CCN(c2c(Cl)cccc2C=O)CC1. The fraction of sp³-hybridized carbons (Fsp3) is 0.429. The van der Waals surface area contributed by atoms with Gasteiger partial charge in [0.05, 0.1) is 17.3 Å². The lowest BCUT2D eigenvalue weighted by Crippen LogP contribution is -2.49. The molecule has 0 bridgehead atoms. The lowest BCUT2D eigenvalue weighted by Gasteiger charge is -2.36. The Bertz CT molecular complexity index is 499. The van der Waals surface area contributed by atoms with Crippen LogP contribution in [0.4, 0.5) is 10.5 Å². The number of para-hydroxylation sites is 1. The summed E-state index contributed by atoms with van der Waals surface area (Å²) < 4.78 is 4.98. The Hall–Kier alpha value is -1.75. The van der Waals surface area contributed by atoms with Gasteiger partial charge in [0.2, 0.25) is 0 Å². The van der Waals surface area contributed by atoms with E-state index in [4.69, 9.17) is 16.3 Å². The number of benzene rings is 1. The number of carbonyl (C=O) groups excluding carboxylic acids is 2. The van der Waals surface area contributed by atoms with Crippen molar-refractivity contribution in [3.63, 3.8) is 0 Å². The van der Waals surface area contributed by atoms with E-state index in [0.29, 0.717) is 43.4 Å². The van der Waals surface area contributed by atoms with Gasteiger partial charge < -0.3 is 14.5 Å². The van der Waals surface area contributed by atoms with Gasteiger partial charge in [-0.1, -0.05) is 17.7 Å². The fourth-order valence-electron chi connectivity index (χ4n) is 2.29. The van der Waals surface area contributed by atoms with Crippen LogP contribution in [0.3, 0.4) is 0 Å². The second kappa shape index (κ2) is 6.61. The van der Waals surface area contributed by atoms with Crippen LogP contribution in [0.15, 0.2) is 18.2 Å². The topological polar surface area (TPSA) is 49.9 Å². The van der Waals surface area contributed by atoms with Crippen molar-refractivity contribution in [1.82, 2.24) is 4.90 Å². The highest BCUT2D eigenvalue weighted by Crippen LogP contribution is 2.29. The van der Waals surface area contributed by atoms with Crippen molar-refractivity contribution in [1.29, 1.82) is 0 Å². The Kier molecular flexibility index (Phi) is 4.84. The number of carbonyl (C=O) groups is 2. The molecule has 0 N–H and O–H groups in total. The summed E-state index contributed by atoms with van der Waals surface area (Å²) in [7, 11) is 0. The molecular formula is C14H17ClN2O3. The standard InChI is InChI=1S/C14H17ClN2O3/c1-2-20-14(19)17-8-6-16(7-9-17)13-11(10-18)4-3-5-12(13)15/h3-5,10H,2,6-9H2,1H3. The number of anilines is 1. The molecule has 0 saturated carbocycles. The van der Waals surface area contributed by atoms with Gasteiger partial charge in [-0.15, -0.1) is 0 Å². The molecule has 0 atom stereocenters. The molecule has 0 aliphatic carbocycles. The van der Waals surface area contributed by atoms with Crippen molar-refractivity contribution in [3.05, 3.63) is 28.8 Å². The molecule has 1 heterocycles. The fourth-order valence-corrected chi connectivity index (χ4v) is 2.59. The highest BCUT2D eigenvalue weighted by molar-refractivity contribution is 6.33. The van der Waals surface area contributed by atoms with Gasteiger partial charge in [-0.25, -0.2) is 4.79 Å². The van der Waals surface area contributed by atoms with Crippen LogP contribution in [0.5, 0.6) is 0 Å². The molecule has 1 aliphatic rings. The molecule has 1 aromatic rings. The zero-order valence-electron chi connectivity index (χ0n) is 11.3. The summed E-state index contributed by atoms with van der Waals surface area (Å²) in [5, 5.41) is 0.555. The summed E-state index contributed by atoms with van der Waals surface area (Å²) in [5.41, 5.74) is 1.31. The van der Waals surface area contributed by atoms with Crippen molar-refractivity contribution >= 4 is 29.7 Å². The van der Waals surface area contributed by atoms with Gasteiger partial charge in [-0.2, -0.15) is 0 Å². The third-order valence-corrected chi connectivity index (χ3v) is 3.57. The molecule has 20 heavy (non-hydrogen) atoms. The molecule has 1 aliphatic heterocycles. The van der Waals surface area contributed by atoms with Crippen LogP contribution < -0.4 is 4.90 Å². The maximum Gasteiger partial charge on any atom is 0.409 e. The summed E-state index contributed by atoms with van der Waals surface area (Å²) in [6.07, 6.45) is 0.515. The van der Waals surface area contributed by atoms with Gasteiger partial charge in [0.1, 0.15) is 0 Å². The van der Waals surface area contributed by atoms with Crippen LogP contribution >= 0.6 is 11.6 Å². The number of amides is 1. The Morgan fingerprint density at radius 2 is 2.05 bits per heavy atom. The predicted octanol–water partition coefficient (Wildman–Crippen LogP) is 2.43. The molecular weight excluding hydrogens is 280 g/mol. The normalized spacial score (nSPS) is 15.1. The van der Waals surface area contributed by atoms with E-state index in [-0.39, 0.29) is 6.09 Å². The van der Waals surface area contributed by atoms with Crippen molar-refractivity contribution in [2.45, 2.75) is 6.92 Å². The minimum absolute atomic E-state index is 0.290. The second-order valence-electron chi connectivity index (χ2n) is 4.47. The van der Waals surface area contributed by atoms with E-state index in [1.54, 1.807) is 30.0 Å². The Morgan fingerprint density at radius 1 is 1.35 bits per heavy atom. The van der Waals surface area contributed by atoms with Gasteiger partial charge >= 0.3 is 6.09 Å². The van der Waals surface area contributed by atoms with Crippen LogP contribution in [-0.4, -0.2) is 50.1 Å². The molecule has 2 rings (SSSR count). The van der Waals surface area contributed by atoms with Crippen molar-refractivity contribution in [2.75, 3.05) is 37.7 Å². The average Bonchev–Trinajstić information content (AvgIpc) is 2.47. The molecule has 5 nitrogen and oxygen atoms in total. The summed E-state index contributed by atoms with van der Waals surface area (Å²) in [4.78, 5) is 26.4. The number of hydrogen-bond donors (Lipinski definition) is 0. The van der Waals surface area contributed by atoms with E-state index in [2.05, 4.69) is 0 Å². The first kappa shape index (κ1) is 14.7. The number of aldehydes is 1. The number of ether oxygens (including phenoxy) is 1. The predicted molar refractivity (Wildman–Crippen MR) is 77.6 cm³/mol. The van der Waals surface area contributed by atoms with E-state index < -0.39 is 0 Å². The van der Waals surface area contributed by atoms with E-state index >= 15 is 0 Å². The molecule has 0 radical (unpaired) electrons. The lowest BCUT2D eigenvalue weighted by atomic mass is 10.1. The molecule has 1 fully saturated rings. The number of piperazine rings is 1. The number of nitrogens with zero attached hydrogens (tertiary/aromatic N) is 2. The molecule has 1 aromatic carbocycles. The van der Waals surface area contributed by atoms with E-state index in [9.17, 15) is 9.59 Å². The van der Waals surface area contributed by atoms with Crippen LogP contribution in [0.25, 0.3) is 0 Å². The molecule has 1 saturated heterocycles. The first-order valence-corrected chi connectivity index (χ1v) is 6.95.